The fraction of sp³-hybridized carbons (Fsp3) is 0.778. The third-order valence-corrected chi connectivity index (χ3v) is 4.00. The Hall–Kier alpha value is -1.39. The number of fused-ring (bicyclic) bond motifs is 2. The van der Waals surface area contributed by atoms with Crippen molar-refractivity contribution < 1.29 is 26.5 Å². The molecule has 0 saturated carbocycles. The first-order valence-electron chi connectivity index (χ1n) is 5.71. The maximum atomic E-state index is 12.0. The van der Waals surface area contributed by atoms with Crippen LogP contribution in [0.25, 0.3) is 0 Å². The summed E-state index contributed by atoms with van der Waals surface area (Å²) in [4.78, 5) is 25.0. The second-order valence-electron chi connectivity index (χ2n) is 4.27. The van der Waals surface area contributed by atoms with Gasteiger partial charge in [-0.1, -0.05) is 0 Å². The lowest BCUT2D eigenvalue weighted by Crippen LogP contribution is -2.48. The van der Waals surface area contributed by atoms with E-state index >= 15 is 0 Å². The summed E-state index contributed by atoms with van der Waals surface area (Å²) >= 11 is 0. The number of hydrogen-bond donors (Lipinski definition) is 1. The topological polar surface area (TPSA) is 105 Å². The second kappa shape index (κ2) is 4.94. The SMILES string of the molecule is CNC(=O)[C@@H]1CC[C@@H]2CN1C(=O)N2OS(=O)(=O)OC. The maximum absolute atomic E-state index is 12.0. The van der Waals surface area contributed by atoms with Crippen molar-refractivity contribution in [2.24, 2.45) is 0 Å². The van der Waals surface area contributed by atoms with Gasteiger partial charge in [0, 0.05) is 13.6 Å². The van der Waals surface area contributed by atoms with E-state index < -0.39 is 28.5 Å². The van der Waals surface area contributed by atoms with Gasteiger partial charge in [-0.2, -0.15) is 13.5 Å². The summed E-state index contributed by atoms with van der Waals surface area (Å²) in [6, 6.07) is -1.62. The quantitative estimate of drug-likeness (QED) is 0.700. The standard InChI is InChI=1S/C9H15N3O6S/c1-10-8(13)7-4-3-6-5-11(7)9(14)12(6)18-19(15,16)17-2/h6-7H,3-5H2,1-2H3,(H,10,13)/t6-,7+/m1/s1. The van der Waals surface area contributed by atoms with Crippen molar-refractivity contribution in [2.75, 3.05) is 20.7 Å². The van der Waals surface area contributed by atoms with Gasteiger partial charge in [0.15, 0.2) is 0 Å². The predicted octanol–water partition coefficient (Wildman–Crippen LogP) is -1.18. The van der Waals surface area contributed by atoms with E-state index in [9.17, 15) is 18.0 Å². The van der Waals surface area contributed by atoms with E-state index in [-0.39, 0.29) is 12.5 Å². The van der Waals surface area contributed by atoms with Crippen LogP contribution in [-0.4, -0.2) is 63.1 Å². The van der Waals surface area contributed by atoms with Crippen LogP contribution in [-0.2, 0) is 23.7 Å². The Kier molecular flexibility index (Phi) is 3.65. The number of hydroxylamine groups is 2. The summed E-state index contributed by atoms with van der Waals surface area (Å²) in [5, 5.41) is 3.24. The van der Waals surface area contributed by atoms with Gasteiger partial charge in [-0.3, -0.25) is 8.98 Å². The van der Waals surface area contributed by atoms with Crippen LogP contribution in [0.15, 0.2) is 0 Å². The summed E-state index contributed by atoms with van der Waals surface area (Å²) in [6.07, 6.45) is 0.947. The van der Waals surface area contributed by atoms with E-state index in [1.807, 2.05) is 0 Å². The normalized spacial score (nSPS) is 26.7. The molecule has 2 atom stereocenters. The molecule has 9 nitrogen and oxygen atoms in total. The average Bonchev–Trinajstić information content (AvgIpc) is 2.63. The van der Waals surface area contributed by atoms with E-state index in [0.717, 1.165) is 12.2 Å². The van der Waals surface area contributed by atoms with E-state index in [1.54, 1.807) is 0 Å². The van der Waals surface area contributed by atoms with Crippen molar-refractivity contribution >= 4 is 22.3 Å². The second-order valence-corrected chi connectivity index (χ2v) is 5.57. The number of piperidine rings is 1. The molecule has 2 aliphatic rings. The first kappa shape index (κ1) is 14.0. The summed E-state index contributed by atoms with van der Waals surface area (Å²) < 4.78 is 31.2. The minimum absolute atomic E-state index is 0.260. The molecule has 3 amide bonds. The van der Waals surface area contributed by atoms with Crippen molar-refractivity contribution in [3.63, 3.8) is 0 Å². The molecular weight excluding hydrogens is 278 g/mol. The molecule has 1 N–H and O–H groups in total. The predicted molar refractivity (Wildman–Crippen MR) is 61.8 cm³/mol. The number of carbonyl (C=O) groups is 2. The first-order valence-corrected chi connectivity index (χ1v) is 7.04. The Morgan fingerprint density at radius 1 is 1.42 bits per heavy atom. The highest BCUT2D eigenvalue weighted by Crippen LogP contribution is 2.30. The van der Waals surface area contributed by atoms with Crippen LogP contribution in [0.3, 0.4) is 0 Å². The fourth-order valence-electron chi connectivity index (χ4n) is 2.30. The number of hydrogen-bond acceptors (Lipinski definition) is 6. The number of amides is 3. The van der Waals surface area contributed by atoms with Gasteiger partial charge in [-0.15, -0.1) is 4.28 Å². The molecule has 2 rings (SSSR count). The molecule has 108 valence electrons. The lowest BCUT2D eigenvalue weighted by molar-refractivity contribution is -0.125. The van der Waals surface area contributed by atoms with Gasteiger partial charge >= 0.3 is 16.4 Å². The number of nitrogens with zero attached hydrogens (tertiary/aromatic N) is 2. The molecule has 0 aromatic heterocycles. The lowest BCUT2D eigenvalue weighted by Gasteiger charge is -2.28. The molecule has 0 radical (unpaired) electrons. The van der Waals surface area contributed by atoms with Crippen molar-refractivity contribution in [3.05, 3.63) is 0 Å². The van der Waals surface area contributed by atoms with Crippen LogP contribution in [0.2, 0.25) is 0 Å². The molecule has 0 spiro atoms. The van der Waals surface area contributed by atoms with Crippen LogP contribution >= 0.6 is 0 Å². The van der Waals surface area contributed by atoms with Gasteiger partial charge in [0.25, 0.3) is 0 Å². The van der Waals surface area contributed by atoms with Crippen molar-refractivity contribution in [1.82, 2.24) is 15.3 Å². The molecule has 0 aromatic carbocycles. The number of likely N-dealkylation sites (N-methyl/N-ethyl adjacent to an activating group) is 1. The zero-order valence-electron chi connectivity index (χ0n) is 10.5. The van der Waals surface area contributed by atoms with Gasteiger partial charge in [0.05, 0.1) is 13.2 Å². The summed E-state index contributed by atoms with van der Waals surface area (Å²) in [7, 11) is -1.82. The third kappa shape index (κ3) is 2.51. The highest BCUT2D eigenvalue weighted by molar-refractivity contribution is 7.81. The molecule has 2 bridgehead atoms. The molecule has 2 saturated heterocycles. The zero-order chi connectivity index (χ0) is 14.2. The Balaban J connectivity index is 2.16. The molecule has 10 heteroatoms. The third-order valence-electron chi connectivity index (χ3n) is 3.25. The molecule has 0 aliphatic carbocycles. The fourth-order valence-corrected chi connectivity index (χ4v) is 2.74. The molecule has 2 fully saturated rings. The number of rotatable bonds is 4. The van der Waals surface area contributed by atoms with Gasteiger partial charge in [0.2, 0.25) is 5.91 Å². The molecule has 19 heavy (non-hydrogen) atoms. The summed E-state index contributed by atoms with van der Waals surface area (Å²) in [5.41, 5.74) is 0. The molecule has 2 aliphatic heterocycles. The number of carbonyl (C=O) groups excluding carboxylic acids is 2. The van der Waals surface area contributed by atoms with Crippen molar-refractivity contribution in [2.45, 2.75) is 24.9 Å². The van der Waals surface area contributed by atoms with Crippen LogP contribution in [0, 0.1) is 0 Å². The van der Waals surface area contributed by atoms with Gasteiger partial charge in [-0.25, -0.2) is 4.79 Å². The minimum atomic E-state index is -4.24. The Labute approximate surface area is 110 Å². The molecule has 0 aromatic rings. The monoisotopic (exact) mass is 293 g/mol. The van der Waals surface area contributed by atoms with E-state index in [4.69, 9.17) is 0 Å². The van der Waals surface area contributed by atoms with Crippen LogP contribution in [0.4, 0.5) is 4.79 Å². The first-order chi connectivity index (χ1) is 8.89. The lowest BCUT2D eigenvalue weighted by atomic mass is 10.0. The maximum Gasteiger partial charge on any atom is 0.420 e. The Morgan fingerprint density at radius 2 is 2.11 bits per heavy atom. The van der Waals surface area contributed by atoms with Gasteiger partial charge in [0.1, 0.15) is 6.04 Å². The zero-order valence-corrected chi connectivity index (χ0v) is 11.3. The molecule has 2 heterocycles. The van der Waals surface area contributed by atoms with Crippen LogP contribution < -0.4 is 5.32 Å². The van der Waals surface area contributed by atoms with E-state index in [0.29, 0.717) is 12.8 Å². The number of urea groups is 1. The smallest absolute Gasteiger partial charge is 0.357 e. The minimum Gasteiger partial charge on any atom is -0.357 e. The van der Waals surface area contributed by atoms with Gasteiger partial charge in [-0.05, 0) is 12.8 Å². The van der Waals surface area contributed by atoms with Crippen LogP contribution in [0.1, 0.15) is 12.8 Å². The molecular formula is C9H15N3O6S. The van der Waals surface area contributed by atoms with Gasteiger partial charge < -0.3 is 10.2 Å². The van der Waals surface area contributed by atoms with Crippen molar-refractivity contribution in [3.8, 4) is 0 Å². The largest absolute Gasteiger partial charge is 0.420 e. The highest BCUT2D eigenvalue weighted by Gasteiger charge is 2.49. The summed E-state index contributed by atoms with van der Waals surface area (Å²) in [6.45, 7) is 0.260. The Morgan fingerprint density at radius 3 is 2.68 bits per heavy atom. The van der Waals surface area contributed by atoms with E-state index in [1.165, 1.54) is 11.9 Å². The average molecular weight is 293 g/mol. The van der Waals surface area contributed by atoms with Crippen LogP contribution in [0.5, 0.6) is 0 Å². The highest BCUT2D eigenvalue weighted by atomic mass is 32.3. The Bertz CT molecular complexity index is 492. The number of nitrogens with one attached hydrogen (secondary N) is 1. The van der Waals surface area contributed by atoms with Crippen molar-refractivity contribution in [1.29, 1.82) is 0 Å². The summed E-state index contributed by atoms with van der Waals surface area (Å²) in [5.74, 6) is -0.275. The van der Waals surface area contributed by atoms with E-state index in [2.05, 4.69) is 13.8 Å². The molecule has 0 unspecified atom stereocenters.